The van der Waals surface area contributed by atoms with Crippen molar-refractivity contribution in [2.75, 3.05) is 11.4 Å². The van der Waals surface area contributed by atoms with Gasteiger partial charge < -0.3 is 4.90 Å². The van der Waals surface area contributed by atoms with Crippen molar-refractivity contribution in [3.63, 3.8) is 0 Å². The number of nitrogens with one attached hydrogen (secondary N) is 1. The third kappa shape index (κ3) is 2.92. The van der Waals surface area contributed by atoms with E-state index in [1.807, 2.05) is 0 Å². The fourth-order valence-electron chi connectivity index (χ4n) is 2.81. The number of rotatable bonds is 3. The summed E-state index contributed by atoms with van der Waals surface area (Å²) >= 11 is 0. The molecule has 2 rings (SSSR count). The zero-order valence-electron chi connectivity index (χ0n) is 11.6. The minimum absolute atomic E-state index is 0.472. The van der Waals surface area contributed by atoms with Gasteiger partial charge in [-0.05, 0) is 38.8 Å². The van der Waals surface area contributed by atoms with E-state index in [2.05, 4.69) is 43.0 Å². The summed E-state index contributed by atoms with van der Waals surface area (Å²) in [6, 6.07) is 8.53. The number of hydrogen-bond acceptors (Lipinski definition) is 1. The molecule has 2 heteroatoms. The molecule has 98 valence electrons. The second-order valence-corrected chi connectivity index (χ2v) is 5.30. The maximum Gasteiger partial charge on any atom is 0.103 e. The zero-order chi connectivity index (χ0) is 13.0. The van der Waals surface area contributed by atoms with E-state index < -0.39 is 0 Å². The monoisotopic (exact) mass is 244 g/mol. The van der Waals surface area contributed by atoms with Crippen LogP contribution in [0.2, 0.25) is 0 Å². The molecule has 0 atom stereocenters. The number of amidine groups is 1. The molecule has 1 aliphatic carbocycles. The number of hydrogen-bond donors (Lipinski definition) is 1. The van der Waals surface area contributed by atoms with Crippen molar-refractivity contribution in [3.05, 3.63) is 29.8 Å². The second kappa shape index (κ2) is 6.03. The molecule has 0 aromatic heterocycles. The van der Waals surface area contributed by atoms with Crippen molar-refractivity contribution in [1.29, 1.82) is 5.41 Å². The van der Waals surface area contributed by atoms with Gasteiger partial charge in [0.05, 0.1) is 0 Å². The highest BCUT2D eigenvalue weighted by Gasteiger charge is 2.22. The minimum atomic E-state index is 0.472. The highest BCUT2D eigenvalue weighted by atomic mass is 15.2. The van der Waals surface area contributed by atoms with Crippen molar-refractivity contribution in [2.45, 2.75) is 46.0 Å². The molecule has 1 aliphatic rings. The lowest BCUT2D eigenvalue weighted by molar-refractivity contribution is 0.434. The minimum Gasteiger partial charge on any atom is -0.330 e. The molecule has 0 aliphatic heterocycles. The summed E-state index contributed by atoms with van der Waals surface area (Å²) in [5.41, 5.74) is 2.44. The van der Waals surface area contributed by atoms with E-state index in [0.29, 0.717) is 5.92 Å². The van der Waals surface area contributed by atoms with Crippen LogP contribution in [0.1, 0.15) is 44.6 Å². The molecule has 0 radical (unpaired) electrons. The summed E-state index contributed by atoms with van der Waals surface area (Å²) in [6.45, 7) is 5.13. The van der Waals surface area contributed by atoms with Gasteiger partial charge in [0.25, 0.3) is 0 Å². The molecule has 2 nitrogen and oxygen atoms in total. The fraction of sp³-hybridized carbons (Fsp3) is 0.562. The molecule has 0 saturated heterocycles. The number of nitrogens with zero attached hydrogens (tertiary/aromatic N) is 1. The first-order valence-corrected chi connectivity index (χ1v) is 7.15. The fourth-order valence-corrected chi connectivity index (χ4v) is 2.81. The molecule has 0 amide bonds. The number of benzene rings is 1. The normalized spacial score (nSPS) is 16.6. The van der Waals surface area contributed by atoms with Crippen molar-refractivity contribution in [1.82, 2.24) is 0 Å². The first-order valence-electron chi connectivity index (χ1n) is 7.15. The Kier molecular flexibility index (Phi) is 4.40. The first kappa shape index (κ1) is 13.1. The molecular formula is C16H24N2. The third-order valence-corrected chi connectivity index (χ3v) is 3.94. The van der Waals surface area contributed by atoms with Crippen LogP contribution < -0.4 is 4.90 Å². The van der Waals surface area contributed by atoms with Gasteiger partial charge in [-0.1, -0.05) is 37.0 Å². The standard InChI is InChI=1S/C16H24N2/c1-3-18(15-11-9-13(2)10-12-15)16(17)14-7-5-4-6-8-14/h9-12,14,17H,3-8H2,1-2H3. The molecule has 1 saturated carbocycles. The Balaban J connectivity index is 2.12. The second-order valence-electron chi connectivity index (χ2n) is 5.30. The molecule has 0 bridgehead atoms. The lowest BCUT2D eigenvalue weighted by Gasteiger charge is -2.31. The summed E-state index contributed by atoms with van der Waals surface area (Å²) < 4.78 is 0. The van der Waals surface area contributed by atoms with Crippen LogP contribution in [0.3, 0.4) is 0 Å². The van der Waals surface area contributed by atoms with E-state index >= 15 is 0 Å². The van der Waals surface area contributed by atoms with Crippen molar-refractivity contribution < 1.29 is 0 Å². The van der Waals surface area contributed by atoms with E-state index in [-0.39, 0.29) is 0 Å². The lowest BCUT2D eigenvalue weighted by Crippen LogP contribution is -2.36. The summed E-state index contributed by atoms with van der Waals surface area (Å²) in [7, 11) is 0. The summed E-state index contributed by atoms with van der Waals surface area (Å²) in [5, 5.41) is 8.46. The number of anilines is 1. The molecule has 1 aromatic rings. The van der Waals surface area contributed by atoms with Gasteiger partial charge in [-0.2, -0.15) is 0 Å². The van der Waals surface area contributed by atoms with Crippen LogP contribution in [0, 0.1) is 18.3 Å². The van der Waals surface area contributed by atoms with E-state index in [1.165, 1.54) is 43.4 Å². The van der Waals surface area contributed by atoms with Crippen LogP contribution in [0.25, 0.3) is 0 Å². The Morgan fingerprint density at radius 1 is 1.17 bits per heavy atom. The average molecular weight is 244 g/mol. The van der Waals surface area contributed by atoms with Crippen LogP contribution in [0.4, 0.5) is 5.69 Å². The summed E-state index contributed by atoms with van der Waals surface area (Å²) in [4.78, 5) is 2.16. The van der Waals surface area contributed by atoms with E-state index in [1.54, 1.807) is 0 Å². The SMILES string of the molecule is CCN(C(=N)C1CCCCC1)c1ccc(C)cc1. The van der Waals surface area contributed by atoms with Gasteiger partial charge in [0.2, 0.25) is 0 Å². The predicted molar refractivity (Wildman–Crippen MR) is 78.5 cm³/mol. The van der Waals surface area contributed by atoms with Gasteiger partial charge in [-0.15, -0.1) is 0 Å². The Hall–Kier alpha value is -1.31. The third-order valence-electron chi connectivity index (χ3n) is 3.94. The Morgan fingerprint density at radius 2 is 1.78 bits per heavy atom. The van der Waals surface area contributed by atoms with E-state index in [9.17, 15) is 0 Å². The smallest absolute Gasteiger partial charge is 0.103 e. The molecule has 1 aromatic carbocycles. The van der Waals surface area contributed by atoms with Crippen LogP contribution in [-0.4, -0.2) is 12.4 Å². The van der Waals surface area contributed by atoms with Crippen molar-refractivity contribution >= 4 is 11.5 Å². The predicted octanol–water partition coefficient (Wildman–Crippen LogP) is 4.38. The highest BCUT2D eigenvalue weighted by molar-refractivity contribution is 5.97. The molecule has 0 spiro atoms. The van der Waals surface area contributed by atoms with Crippen LogP contribution in [-0.2, 0) is 0 Å². The Bertz CT molecular complexity index is 388. The molecular weight excluding hydrogens is 220 g/mol. The Morgan fingerprint density at radius 3 is 2.33 bits per heavy atom. The maximum absolute atomic E-state index is 8.46. The maximum atomic E-state index is 8.46. The van der Waals surface area contributed by atoms with E-state index in [0.717, 1.165) is 12.4 Å². The van der Waals surface area contributed by atoms with Gasteiger partial charge in [-0.3, -0.25) is 5.41 Å². The van der Waals surface area contributed by atoms with Gasteiger partial charge in [-0.25, -0.2) is 0 Å². The van der Waals surface area contributed by atoms with E-state index in [4.69, 9.17) is 5.41 Å². The van der Waals surface area contributed by atoms with Crippen molar-refractivity contribution in [2.24, 2.45) is 5.92 Å². The highest BCUT2D eigenvalue weighted by Crippen LogP contribution is 2.27. The quantitative estimate of drug-likeness (QED) is 0.620. The molecule has 0 heterocycles. The topological polar surface area (TPSA) is 27.1 Å². The van der Waals surface area contributed by atoms with Gasteiger partial charge in [0, 0.05) is 18.2 Å². The molecule has 1 N–H and O–H groups in total. The zero-order valence-corrected chi connectivity index (χ0v) is 11.6. The van der Waals surface area contributed by atoms with Crippen molar-refractivity contribution in [3.8, 4) is 0 Å². The Labute approximate surface area is 111 Å². The molecule has 0 unspecified atom stereocenters. The molecule has 18 heavy (non-hydrogen) atoms. The largest absolute Gasteiger partial charge is 0.330 e. The van der Waals surface area contributed by atoms with Gasteiger partial charge in [0.1, 0.15) is 5.84 Å². The summed E-state index contributed by atoms with van der Waals surface area (Å²) in [5.74, 6) is 1.29. The van der Waals surface area contributed by atoms with Crippen LogP contribution >= 0.6 is 0 Å². The number of aryl methyl sites for hydroxylation is 1. The van der Waals surface area contributed by atoms with Gasteiger partial charge >= 0.3 is 0 Å². The molecule has 1 fully saturated rings. The van der Waals surface area contributed by atoms with Gasteiger partial charge in [0.15, 0.2) is 0 Å². The summed E-state index contributed by atoms with van der Waals surface area (Å²) in [6.07, 6.45) is 6.32. The van der Waals surface area contributed by atoms with Crippen LogP contribution in [0.5, 0.6) is 0 Å². The van der Waals surface area contributed by atoms with Crippen LogP contribution in [0.15, 0.2) is 24.3 Å². The average Bonchev–Trinajstić information content (AvgIpc) is 2.42. The first-order chi connectivity index (χ1) is 8.72. The lowest BCUT2D eigenvalue weighted by atomic mass is 9.88.